The van der Waals surface area contributed by atoms with E-state index >= 15 is 0 Å². The Morgan fingerprint density at radius 2 is 1.88 bits per heavy atom. The van der Waals surface area contributed by atoms with Crippen molar-refractivity contribution < 1.29 is 10.2 Å². The summed E-state index contributed by atoms with van der Waals surface area (Å²) in [6.45, 7) is 5.87. The Labute approximate surface area is 189 Å². The predicted molar refractivity (Wildman–Crippen MR) is 127 cm³/mol. The van der Waals surface area contributed by atoms with Crippen molar-refractivity contribution in [2.24, 2.45) is 10.4 Å². The van der Waals surface area contributed by atoms with E-state index in [1.165, 1.54) is 0 Å². The molecule has 1 aromatic rings. The molecule has 1 unspecified atom stereocenters. The van der Waals surface area contributed by atoms with Crippen LogP contribution in [0.15, 0.2) is 28.6 Å². The fourth-order valence-electron chi connectivity index (χ4n) is 4.60. The number of nitroso groups, excluding NO2 is 2. The fourth-order valence-corrected chi connectivity index (χ4v) is 4.60. The van der Waals surface area contributed by atoms with E-state index in [9.17, 15) is 20.0 Å². The second-order valence-electron chi connectivity index (χ2n) is 8.61. The molecule has 0 amide bonds. The topological polar surface area (TPSA) is 130 Å². The maximum absolute atomic E-state index is 11.2. The number of aliphatic hydroxyl groups excluding tert-OH is 2. The lowest BCUT2D eigenvalue weighted by atomic mass is 9.94. The number of aliphatic hydroxyl groups is 2. The van der Waals surface area contributed by atoms with Gasteiger partial charge in [-0.2, -0.15) is 4.91 Å². The molecule has 0 bridgehead atoms. The minimum Gasteiger partial charge on any atom is -0.395 e. The third-order valence-electron chi connectivity index (χ3n) is 6.54. The highest BCUT2D eigenvalue weighted by atomic mass is 16.3. The Bertz CT molecular complexity index is 730. The average Bonchev–Trinajstić information content (AvgIpc) is 2.84. The third kappa shape index (κ3) is 6.44. The van der Waals surface area contributed by atoms with Crippen LogP contribution in [0.25, 0.3) is 0 Å². The zero-order valence-corrected chi connectivity index (χ0v) is 18.7. The van der Waals surface area contributed by atoms with Crippen LogP contribution in [0.1, 0.15) is 32.1 Å². The Morgan fingerprint density at radius 1 is 1.09 bits per heavy atom. The number of rotatable bonds is 12. The first-order valence-electron chi connectivity index (χ1n) is 11.7. The summed E-state index contributed by atoms with van der Waals surface area (Å²) >= 11 is 0. The van der Waals surface area contributed by atoms with Crippen LogP contribution in [-0.4, -0.2) is 85.7 Å². The standard InChI is InChI=1S/C22H36N6O4/c29-16-21-22(30)19(26-32)7-12-28(21)11-4-2-1-3-8-24-20-15-17(5-6-18(20)25-31)27-13-9-23-10-14-27/h5-6,15,19,21-24,29-30H,1-4,7-14,16H2/t19?,21-,22+/m1/s1. The molecule has 2 heterocycles. The van der Waals surface area contributed by atoms with Gasteiger partial charge in [-0.1, -0.05) is 18.0 Å². The van der Waals surface area contributed by atoms with Gasteiger partial charge in [0.25, 0.3) is 0 Å². The Morgan fingerprint density at radius 3 is 2.59 bits per heavy atom. The van der Waals surface area contributed by atoms with Gasteiger partial charge in [0.2, 0.25) is 0 Å². The van der Waals surface area contributed by atoms with Crippen molar-refractivity contribution in [1.29, 1.82) is 0 Å². The molecule has 0 aromatic heterocycles. The highest BCUT2D eigenvalue weighted by Gasteiger charge is 2.37. The number of likely N-dealkylation sites (tertiary alicyclic amines) is 1. The zero-order chi connectivity index (χ0) is 22.8. The van der Waals surface area contributed by atoms with Crippen molar-refractivity contribution in [1.82, 2.24) is 10.2 Å². The summed E-state index contributed by atoms with van der Waals surface area (Å²) in [6, 6.07) is 4.72. The molecule has 178 valence electrons. The molecule has 10 nitrogen and oxygen atoms in total. The molecule has 0 radical (unpaired) electrons. The minimum atomic E-state index is -0.895. The summed E-state index contributed by atoms with van der Waals surface area (Å²) in [4.78, 5) is 26.3. The number of nitrogens with one attached hydrogen (secondary N) is 2. The van der Waals surface area contributed by atoms with Gasteiger partial charge in [-0.15, -0.1) is 4.91 Å². The first-order valence-corrected chi connectivity index (χ1v) is 11.7. The minimum absolute atomic E-state index is 0.169. The van der Waals surface area contributed by atoms with Gasteiger partial charge in [0, 0.05) is 45.0 Å². The molecule has 32 heavy (non-hydrogen) atoms. The fraction of sp³-hybridized carbons (Fsp3) is 0.727. The highest BCUT2D eigenvalue weighted by molar-refractivity contribution is 5.71. The van der Waals surface area contributed by atoms with Gasteiger partial charge in [0.15, 0.2) is 0 Å². The van der Waals surface area contributed by atoms with Crippen LogP contribution < -0.4 is 15.5 Å². The molecule has 2 aliphatic rings. The Kier molecular flexibility index (Phi) is 9.79. The summed E-state index contributed by atoms with van der Waals surface area (Å²) < 4.78 is 0. The summed E-state index contributed by atoms with van der Waals surface area (Å²) in [5.41, 5.74) is 2.32. The lowest BCUT2D eigenvalue weighted by molar-refractivity contribution is -0.0276. The molecular weight excluding hydrogens is 412 g/mol. The van der Waals surface area contributed by atoms with Gasteiger partial charge in [-0.05, 0) is 49.2 Å². The molecule has 0 spiro atoms. The van der Waals surface area contributed by atoms with E-state index in [0.717, 1.165) is 76.3 Å². The third-order valence-corrected chi connectivity index (χ3v) is 6.54. The van der Waals surface area contributed by atoms with Crippen molar-refractivity contribution in [2.75, 3.05) is 62.6 Å². The molecular formula is C22H36N6O4. The molecule has 3 atom stereocenters. The summed E-state index contributed by atoms with van der Waals surface area (Å²) in [6.07, 6.45) is 3.63. The first-order chi connectivity index (χ1) is 15.7. The second kappa shape index (κ2) is 12.8. The normalized spacial score (nSPS) is 24.3. The smallest absolute Gasteiger partial charge is 0.131 e. The molecule has 1 aromatic carbocycles. The monoisotopic (exact) mass is 448 g/mol. The summed E-state index contributed by atoms with van der Waals surface area (Å²) in [5, 5.41) is 32.6. The van der Waals surface area contributed by atoms with Gasteiger partial charge in [-0.3, -0.25) is 4.90 Å². The van der Waals surface area contributed by atoms with Crippen LogP contribution in [0, 0.1) is 9.81 Å². The van der Waals surface area contributed by atoms with Gasteiger partial charge < -0.3 is 25.7 Å². The summed E-state index contributed by atoms with van der Waals surface area (Å²) in [7, 11) is 0. The van der Waals surface area contributed by atoms with E-state index in [2.05, 4.69) is 30.8 Å². The Balaban J connectivity index is 1.37. The average molecular weight is 449 g/mol. The largest absolute Gasteiger partial charge is 0.395 e. The van der Waals surface area contributed by atoms with Crippen molar-refractivity contribution >= 4 is 17.1 Å². The Hall–Kier alpha value is -2.14. The van der Waals surface area contributed by atoms with Crippen molar-refractivity contribution in [3.05, 3.63) is 28.0 Å². The molecule has 3 rings (SSSR count). The van der Waals surface area contributed by atoms with Crippen LogP contribution in [0.3, 0.4) is 0 Å². The van der Waals surface area contributed by atoms with Gasteiger partial charge >= 0.3 is 0 Å². The quantitative estimate of drug-likeness (QED) is 0.282. The van der Waals surface area contributed by atoms with Crippen molar-refractivity contribution in [3.63, 3.8) is 0 Å². The van der Waals surface area contributed by atoms with E-state index < -0.39 is 18.2 Å². The molecule has 2 fully saturated rings. The van der Waals surface area contributed by atoms with Gasteiger partial charge in [0.05, 0.1) is 24.4 Å². The van der Waals surface area contributed by atoms with Crippen LogP contribution in [0.2, 0.25) is 0 Å². The molecule has 0 aliphatic carbocycles. The zero-order valence-electron chi connectivity index (χ0n) is 18.7. The predicted octanol–water partition coefficient (Wildman–Crippen LogP) is 2.03. The molecule has 2 saturated heterocycles. The van der Waals surface area contributed by atoms with Crippen molar-refractivity contribution in [3.8, 4) is 0 Å². The van der Waals surface area contributed by atoms with E-state index in [4.69, 9.17) is 0 Å². The van der Waals surface area contributed by atoms with E-state index in [1.54, 1.807) is 6.07 Å². The number of unbranched alkanes of at least 4 members (excludes halogenated alkanes) is 3. The number of piperidine rings is 1. The van der Waals surface area contributed by atoms with Crippen LogP contribution in [0.5, 0.6) is 0 Å². The second-order valence-corrected chi connectivity index (χ2v) is 8.61. The van der Waals surface area contributed by atoms with Crippen molar-refractivity contribution in [2.45, 2.75) is 50.3 Å². The van der Waals surface area contributed by atoms with Gasteiger partial charge in [-0.25, -0.2) is 0 Å². The number of piperazine rings is 1. The molecule has 0 saturated carbocycles. The van der Waals surface area contributed by atoms with E-state index in [1.807, 2.05) is 12.1 Å². The number of nitrogens with zero attached hydrogens (tertiary/aromatic N) is 4. The molecule has 10 heteroatoms. The van der Waals surface area contributed by atoms with Gasteiger partial charge in [0.1, 0.15) is 11.7 Å². The number of hydrogen-bond acceptors (Lipinski definition) is 10. The number of anilines is 2. The number of benzene rings is 1. The SMILES string of the molecule is O=Nc1ccc(N2CCNCC2)cc1NCCCCCCN1CCC(N=O)[C@H](O)[C@H]1CO. The van der Waals surface area contributed by atoms with Crippen LogP contribution >= 0.6 is 0 Å². The lowest BCUT2D eigenvalue weighted by Crippen LogP contribution is -2.55. The maximum atomic E-state index is 11.2. The highest BCUT2D eigenvalue weighted by Crippen LogP contribution is 2.30. The molecule has 2 aliphatic heterocycles. The van der Waals surface area contributed by atoms with E-state index in [-0.39, 0.29) is 6.61 Å². The number of hydrogen-bond donors (Lipinski definition) is 4. The van der Waals surface area contributed by atoms with Crippen LogP contribution in [0.4, 0.5) is 17.1 Å². The summed E-state index contributed by atoms with van der Waals surface area (Å²) in [5.74, 6) is 0. The lowest BCUT2D eigenvalue weighted by Gasteiger charge is -2.40. The van der Waals surface area contributed by atoms with E-state index in [0.29, 0.717) is 18.7 Å². The molecule has 4 N–H and O–H groups in total. The van der Waals surface area contributed by atoms with Crippen LogP contribution in [-0.2, 0) is 0 Å². The first kappa shape index (κ1) is 24.5. The maximum Gasteiger partial charge on any atom is 0.131 e.